The van der Waals surface area contributed by atoms with Gasteiger partial charge in [0.15, 0.2) is 0 Å². The average molecular weight is 271 g/mol. The van der Waals surface area contributed by atoms with Gasteiger partial charge in [0.25, 0.3) is 0 Å². The van der Waals surface area contributed by atoms with Gasteiger partial charge in [-0.3, -0.25) is 0 Å². The number of likely N-dealkylation sites (tertiary alicyclic amines) is 1. The largest absolute Gasteiger partial charge is 0.480 e. The zero-order valence-corrected chi connectivity index (χ0v) is 12.3. The van der Waals surface area contributed by atoms with E-state index in [0.29, 0.717) is 12.5 Å². The molecule has 1 fully saturated rings. The highest BCUT2D eigenvalue weighted by Gasteiger charge is 2.35. The summed E-state index contributed by atoms with van der Waals surface area (Å²) < 4.78 is 0. The summed E-state index contributed by atoms with van der Waals surface area (Å²) in [5, 5.41) is 11.9. The van der Waals surface area contributed by atoms with E-state index >= 15 is 0 Å². The molecule has 0 atom stereocenters. The Morgan fingerprint density at radius 2 is 1.89 bits per heavy atom. The van der Waals surface area contributed by atoms with Gasteiger partial charge in [0, 0.05) is 13.6 Å². The summed E-state index contributed by atoms with van der Waals surface area (Å²) in [6.45, 7) is 5.76. The van der Waals surface area contributed by atoms with E-state index in [2.05, 4.69) is 17.3 Å². The highest BCUT2D eigenvalue weighted by atomic mass is 16.4. The molecule has 0 aliphatic carbocycles. The van der Waals surface area contributed by atoms with Gasteiger partial charge in [-0.2, -0.15) is 0 Å². The lowest BCUT2D eigenvalue weighted by Gasteiger charge is -2.33. The van der Waals surface area contributed by atoms with Gasteiger partial charge in [-0.1, -0.05) is 0 Å². The minimum absolute atomic E-state index is 0.327. The van der Waals surface area contributed by atoms with Crippen LogP contribution in [0.25, 0.3) is 0 Å². The Labute approximate surface area is 114 Å². The fraction of sp³-hybridized carbons (Fsp3) is 0.846. The van der Waals surface area contributed by atoms with Crippen LogP contribution in [0.2, 0.25) is 0 Å². The molecule has 19 heavy (non-hydrogen) atoms. The number of piperidine rings is 1. The van der Waals surface area contributed by atoms with Crippen LogP contribution in [0.4, 0.5) is 4.79 Å². The molecular weight excluding hydrogens is 246 g/mol. The molecule has 0 unspecified atom stereocenters. The topological polar surface area (TPSA) is 72.9 Å². The number of likely N-dealkylation sites (N-methyl/N-ethyl adjacent to an activating group) is 1. The van der Waals surface area contributed by atoms with Gasteiger partial charge < -0.3 is 20.2 Å². The SMILES string of the molecule is CN1CCC(CNC(=O)N(C)C(C)(C)C(=O)O)CC1. The van der Waals surface area contributed by atoms with E-state index in [-0.39, 0.29) is 6.03 Å². The Morgan fingerprint density at radius 1 is 1.37 bits per heavy atom. The molecule has 0 saturated carbocycles. The number of hydrogen-bond acceptors (Lipinski definition) is 3. The van der Waals surface area contributed by atoms with Crippen molar-refractivity contribution in [2.45, 2.75) is 32.2 Å². The molecule has 2 amide bonds. The third-order valence-corrected chi connectivity index (χ3v) is 4.05. The van der Waals surface area contributed by atoms with E-state index in [0.717, 1.165) is 25.9 Å². The first-order chi connectivity index (χ1) is 8.75. The molecule has 0 aromatic rings. The van der Waals surface area contributed by atoms with Gasteiger partial charge in [0.05, 0.1) is 0 Å². The zero-order valence-electron chi connectivity index (χ0n) is 12.3. The Balaban J connectivity index is 2.41. The highest BCUT2D eigenvalue weighted by molar-refractivity contribution is 5.85. The standard InChI is InChI=1S/C13H25N3O3/c1-13(2,11(17)18)16(4)12(19)14-9-10-5-7-15(3)8-6-10/h10H,5-9H2,1-4H3,(H,14,19)(H,17,18). The maximum Gasteiger partial charge on any atom is 0.329 e. The van der Waals surface area contributed by atoms with E-state index < -0.39 is 11.5 Å². The fourth-order valence-electron chi connectivity index (χ4n) is 2.01. The molecule has 6 nitrogen and oxygen atoms in total. The van der Waals surface area contributed by atoms with E-state index in [1.165, 1.54) is 25.8 Å². The molecule has 0 spiro atoms. The predicted molar refractivity (Wildman–Crippen MR) is 73.1 cm³/mol. The number of aliphatic carboxylic acids is 1. The second-order valence-corrected chi connectivity index (χ2v) is 5.86. The monoisotopic (exact) mass is 271 g/mol. The Hall–Kier alpha value is -1.30. The number of rotatable bonds is 4. The Morgan fingerprint density at radius 3 is 2.37 bits per heavy atom. The molecule has 2 N–H and O–H groups in total. The molecule has 0 aromatic carbocycles. The lowest BCUT2D eigenvalue weighted by atomic mass is 9.97. The first-order valence-corrected chi connectivity index (χ1v) is 6.68. The molecule has 0 radical (unpaired) electrons. The van der Waals surface area contributed by atoms with Crippen molar-refractivity contribution >= 4 is 12.0 Å². The van der Waals surface area contributed by atoms with Crippen LogP contribution in [0.3, 0.4) is 0 Å². The lowest BCUT2D eigenvalue weighted by Crippen LogP contribution is -2.54. The fourth-order valence-corrected chi connectivity index (χ4v) is 2.01. The molecule has 1 saturated heterocycles. The predicted octanol–water partition coefficient (Wildman–Crippen LogP) is 0.833. The summed E-state index contributed by atoms with van der Waals surface area (Å²) in [5.41, 5.74) is -1.20. The highest BCUT2D eigenvalue weighted by Crippen LogP contribution is 2.16. The molecule has 1 rings (SSSR count). The van der Waals surface area contributed by atoms with Gasteiger partial charge in [0.2, 0.25) is 0 Å². The molecule has 1 heterocycles. The van der Waals surface area contributed by atoms with Crippen molar-refractivity contribution in [3.63, 3.8) is 0 Å². The van der Waals surface area contributed by atoms with Crippen LogP contribution in [0.1, 0.15) is 26.7 Å². The molecule has 6 heteroatoms. The van der Waals surface area contributed by atoms with Gasteiger partial charge in [-0.25, -0.2) is 9.59 Å². The van der Waals surface area contributed by atoms with Crippen molar-refractivity contribution in [1.82, 2.24) is 15.1 Å². The first-order valence-electron chi connectivity index (χ1n) is 6.68. The van der Waals surface area contributed by atoms with Crippen molar-refractivity contribution in [3.05, 3.63) is 0 Å². The van der Waals surface area contributed by atoms with Gasteiger partial charge in [0.1, 0.15) is 5.54 Å². The minimum atomic E-state index is -1.20. The third-order valence-electron chi connectivity index (χ3n) is 4.05. The molecule has 1 aliphatic rings. The van der Waals surface area contributed by atoms with Crippen molar-refractivity contribution in [1.29, 1.82) is 0 Å². The van der Waals surface area contributed by atoms with Crippen LogP contribution < -0.4 is 5.32 Å². The number of carboxylic acids is 1. The molecule has 0 aromatic heterocycles. The van der Waals surface area contributed by atoms with Crippen LogP contribution in [0.5, 0.6) is 0 Å². The third kappa shape index (κ3) is 4.09. The number of carbonyl (C=O) groups is 2. The number of hydrogen-bond donors (Lipinski definition) is 2. The normalized spacial score (nSPS) is 18.1. The lowest BCUT2D eigenvalue weighted by molar-refractivity contribution is -0.146. The van der Waals surface area contributed by atoms with Crippen LogP contribution >= 0.6 is 0 Å². The second-order valence-electron chi connectivity index (χ2n) is 5.86. The number of carboxylic acid groups (broad SMARTS) is 1. The summed E-state index contributed by atoms with van der Waals surface area (Å²) >= 11 is 0. The van der Waals surface area contributed by atoms with E-state index in [9.17, 15) is 9.59 Å². The average Bonchev–Trinajstić information content (AvgIpc) is 2.36. The van der Waals surface area contributed by atoms with Gasteiger partial charge in [-0.15, -0.1) is 0 Å². The quantitative estimate of drug-likeness (QED) is 0.794. The van der Waals surface area contributed by atoms with E-state index in [4.69, 9.17) is 5.11 Å². The first kappa shape index (κ1) is 15.8. The smallest absolute Gasteiger partial charge is 0.329 e. The summed E-state index contributed by atoms with van der Waals surface area (Å²) in [5.74, 6) is -0.522. The number of carbonyl (C=O) groups excluding carboxylic acids is 1. The molecular formula is C13H25N3O3. The number of nitrogens with one attached hydrogen (secondary N) is 1. The van der Waals surface area contributed by atoms with E-state index in [1.807, 2.05) is 0 Å². The molecule has 110 valence electrons. The number of nitrogens with zero attached hydrogens (tertiary/aromatic N) is 2. The van der Waals surface area contributed by atoms with Crippen LogP contribution in [-0.4, -0.2) is 66.2 Å². The number of amides is 2. The van der Waals surface area contributed by atoms with Crippen molar-refractivity contribution in [2.75, 3.05) is 33.7 Å². The van der Waals surface area contributed by atoms with Crippen LogP contribution in [0, 0.1) is 5.92 Å². The van der Waals surface area contributed by atoms with E-state index in [1.54, 1.807) is 0 Å². The summed E-state index contributed by atoms with van der Waals surface area (Å²) in [6.07, 6.45) is 2.14. The van der Waals surface area contributed by atoms with Crippen LogP contribution in [-0.2, 0) is 4.79 Å². The molecule has 1 aliphatic heterocycles. The number of urea groups is 1. The van der Waals surface area contributed by atoms with Gasteiger partial charge in [-0.05, 0) is 52.7 Å². The van der Waals surface area contributed by atoms with Crippen molar-refractivity contribution < 1.29 is 14.7 Å². The Kier molecular flexibility index (Phi) is 5.17. The summed E-state index contributed by atoms with van der Waals surface area (Å²) in [6, 6.07) is -0.327. The summed E-state index contributed by atoms with van der Waals surface area (Å²) in [4.78, 5) is 26.5. The summed E-state index contributed by atoms with van der Waals surface area (Å²) in [7, 11) is 3.61. The van der Waals surface area contributed by atoms with Crippen LogP contribution in [0.15, 0.2) is 0 Å². The van der Waals surface area contributed by atoms with Crippen molar-refractivity contribution in [3.8, 4) is 0 Å². The zero-order chi connectivity index (χ0) is 14.6. The maximum absolute atomic E-state index is 11.9. The molecule has 0 bridgehead atoms. The maximum atomic E-state index is 11.9. The van der Waals surface area contributed by atoms with Gasteiger partial charge >= 0.3 is 12.0 Å². The minimum Gasteiger partial charge on any atom is -0.480 e. The second kappa shape index (κ2) is 6.23. The van der Waals surface area contributed by atoms with Crippen molar-refractivity contribution in [2.24, 2.45) is 5.92 Å². The Bertz CT molecular complexity index is 336.